The number of rotatable bonds is 7. The predicted molar refractivity (Wildman–Crippen MR) is 109 cm³/mol. The highest BCUT2D eigenvalue weighted by molar-refractivity contribution is 5.93. The summed E-state index contributed by atoms with van der Waals surface area (Å²) in [5.41, 5.74) is 10.1. The van der Waals surface area contributed by atoms with Crippen molar-refractivity contribution in [3.05, 3.63) is 83.6 Å². The number of nitrogens with zero attached hydrogens (tertiary/aromatic N) is 1. The lowest BCUT2D eigenvalue weighted by atomic mass is 10.0. The highest BCUT2D eigenvalue weighted by atomic mass is 19.1. The Hall–Kier alpha value is -3.71. The van der Waals surface area contributed by atoms with Crippen LogP contribution in [0.2, 0.25) is 0 Å². The average Bonchev–Trinajstić information content (AvgIpc) is 3.21. The molecule has 0 aliphatic rings. The summed E-state index contributed by atoms with van der Waals surface area (Å²) in [7, 11) is 0. The van der Waals surface area contributed by atoms with E-state index in [1.165, 1.54) is 18.2 Å². The summed E-state index contributed by atoms with van der Waals surface area (Å²) in [5, 5.41) is 9.97. The van der Waals surface area contributed by atoms with Gasteiger partial charge >= 0.3 is 5.97 Å². The van der Waals surface area contributed by atoms with Crippen molar-refractivity contribution in [3.8, 4) is 16.9 Å². The summed E-state index contributed by atoms with van der Waals surface area (Å²) in [6.07, 6.45) is 3.00. The molecule has 0 aliphatic carbocycles. The second-order valence-corrected chi connectivity index (χ2v) is 6.83. The lowest BCUT2D eigenvalue weighted by molar-refractivity contribution is -0.136. The van der Waals surface area contributed by atoms with Crippen LogP contribution in [0.25, 0.3) is 22.1 Å². The van der Waals surface area contributed by atoms with Crippen molar-refractivity contribution in [2.45, 2.75) is 19.6 Å². The number of halogens is 1. The number of benzene rings is 2. The average molecular weight is 406 g/mol. The smallest absolute Gasteiger partial charge is 0.307 e. The molecular formula is C23H19FN2O4. The van der Waals surface area contributed by atoms with Gasteiger partial charge in [0.25, 0.3) is 0 Å². The van der Waals surface area contributed by atoms with Crippen LogP contribution >= 0.6 is 0 Å². The van der Waals surface area contributed by atoms with Gasteiger partial charge in [0.05, 0.1) is 18.4 Å². The van der Waals surface area contributed by atoms with Crippen LogP contribution in [0.1, 0.15) is 16.8 Å². The summed E-state index contributed by atoms with van der Waals surface area (Å²) < 4.78 is 25.0. The number of nitrogens with two attached hydrogens (primary N) is 1. The van der Waals surface area contributed by atoms with Gasteiger partial charge in [-0.2, -0.15) is 0 Å². The minimum Gasteiger partial charge on any atom is -0.489 e. The van der Waals surface area contributed by atoms with Crippen LogP contribution in [0.15, 0.2) is 65.4 Å². The number of pyridine rings is 1. The summed E-state index contributed by atoms with van der Waals surface area (Å²) >= 11 is 0. The van der Waals surface area contributed by atoms with Crippen LogP contribution in [-0.2, 0) is 24.4 Å². The van der Waals surface area contributed by atoms with Gasteiger partial charge in [0.15, 0.2) is 0 Å². The molecule has 0 aliphatic heterocycles. The molecule has 0 atom stereocenters. The molecule has 7 heteroatoms. The first-order valence-corrected chi connectivity index (χ1v) is 9.32. The van der Waals surface area contributed by atoms with Crippen LogP contribution in [0.3, 0.4) is 0 Å². The molecule has 0 amide bonds. The van der Waals surface area contributed by atoms with E-state index >= 15 is 0 Å². The summed E-state index contributed by atoms with van der Waals surface area (Å²) in [5.74, 6) is -1.22. The van der Waals surface area contributed by atoms with E-state index in [1.54, 1.807) is 12.5 Å². The zero-order chi connectivity index (χ0) is 21.1. The fraction of sp³-hybridized carbons (Fsp3) is 0.130. The number of carbonyl (C=O) groups is 1. The third kappa shape index (κ3) is 4.16. The molecule has 2 aromatic carbocycles. The molecule has 0 saturated heterocycles. The zero-order valence-electron chi connectivity index (χ0n) is 16.0. The Morgan fingerprint density at radius 3 is 2.83 bits per heavy atom. The number of hydrogen-bond acceptors (Lipinski definition) is 5. The number of carboxylic acids is 1. The van der Waals surface area contributed by atoms with Gasteiger partial charge in [-0.3, -0.25) is 9.78 Å². The highest BCUT2D eigenvalue weighted by Gasteiger charge is 2.13. The van der Waals surface area contributed by atoms with Gasteiger partial charge < -0.3 is 20.0 Å². The minimum atomic E-state index is -1.05. The van der Waals surface area contributed by atoms with Crippen LogP contribution in [0, 0.1) is 5.82 Å². The van der Waals surface area contributed by atoms with Crippen LogP contribution < -0.4 is 10.5 Å². The number of fused-ring (bicyclic) bond motifs is 1. The predicted octanol–water partition coefficient (Wildman–Crippen LogP) is 4.30. The van der Waals surface area contributed by atoms with E-state index in [2.05, 4.69) is 4.98 Å². The first-order valence-electron chi connectivity index (χ1n) is 9.32. The molecule has 0 bridgehead atoms. The van der Waals surface area contributed by atoms with Gasteiger partial charge in [0, 0.05) is 29.3 Å². The van der Waals surface area contributed by atoms with E-state index in [0.29, 0.717) is 12.3 Å². The molecular weight excluding hydrogens is 387 g/mol. The Kier molecular flexibility index (Phi) is 5.45. The lowest BCUT2D eigenvalue weighted by Crippen LogP contribution is -2.05. The minimum absolute atomic E-state index is 0.182. The van der Waals surface area contributed by atoms with Crippen LogP contribution in [0.5, 0.6) is 5.75 Å². The molecule has 30 heavy (non-hydrogen) atoms. The molecule has 6 nitrogen and oxygen atoms in total. The molecule has 0 saturated carbocycles. The van der Waals surface area contributed by atoms with Gasteiger partial charge in [0.1, 0.15) is 23.8 Å². The Morgan fingerprint density at radius 2 is 2.03 bits per heavy atom. The maximum Gasteiger partial charge on any atom is 0.307 e. The largest absolute Gasteiger partial charge is 0.489 e. The Balaban J connectivity index is 1.67. The van der Waals surface area contributed by atoms with Gasteiger partial charge in [-0.15, -0.1) is 0 Å². The van der Waals surface area contributed by atoms with Gasteiger partial charge in [0.2, 0.25) is 0 Å². The van der Waals surface area contributed by atoms with Crippen LogP contribution in [0.4, 0.5) is 4.39 Å². The standard InChI is InChI=1S/C23H19FN2O4/c24-18-1-2-21(17(9-18)11-22(27)28)30-13-14-7-16-4-6-29-23(16)20(8-14)15-3-5-26-19(10-15)12-25/h1-10H,11-13,25H2,(H,27,28). The fourth-order valence-electron chi connectivity index (χ4n) is 3.35. The first-order chi connectivity index (χ1) is 14.5. The number of hydrogen-bond donors (Lipinski definition) is 2. The van der Waals surface area contributed by atoms with E-state index in [1.807, 2.05) is 30.3 Å². The molecule has 0 radical (unpaired) electrons. The molecule has 0 spiro atoms. The maximum atomic E-state index is 13.5. The van der Waals surface area contributed by atoms with Gasteiger partial charge in [-0.05, 0) is 59.7 Å². The topological polar surface area (TPSA) is 98.6 Å². The number of furan rings is 1. The second kappa shape index (κ2) is 8.34. The van der Waals surface area contributed by atoms with E-state index < -0.39 is 11.8 Å². The van der Waals surface area contributed by atoms with Crippen molar-refractivity contribution in [2.75, 3.05) is 0 Å². The highest BCUT2D eigenvalue weighted by Crippen LogP contribution is 2.32. The molecule has 0 unspecified atom stereocenters. The Labute approximate surface area is 171 Å². The van der Waals surface area contributed by atoms with Gasteiger partial charge in [-0.1, -0.05) is 0 Å². The number of carboxylic acid groups (broad SMARTS) is 1. The van der Waals surface area contributed by atoms with E-state index in [4.69, 9.17) is 20.0 Å². The number of aliphatic carboxylic acids is 1. The van der Waals surface area contributed by atoms with Crippen molar-refractivity contribution in [3.63, 3.8) is 0 Å². The monoisotopic (exact) mass is 406 g/mol. The van der Waals surface area contributed by atoms with E-state index in [-0.39, 0.29) is 18.6 Å². The van der Waals surface area contributed by atoms with Crippen LogP contribution in [-0.4, -0.2) is 16.1 Å². The van der Waals surface area contributed by atoms with Gasteiger partial charge in [-0.25, -0.2) is 4.39 Å². The third-order valence-electron chi connectivity index (χ3n) is 4.71. The van der Waals surface area contributed by atoms with Crippen molar-refractivity contribution < 1.29 is 23.4 Å². The van der Waals surface area contributed by atoms with Crippen molar-refractivity contribution in [1.82, 2.24) is 4.98 Å². The van der Waals surface area contributed by atoms with E-state index in [0.717, 1.165) is 33.4 Å². The summed E-state index contributed by atoms with van der Waals surface area (Å²) in [4.78, 5) is 15.3. The molecule has 2 heterocycles. The quantitative estimate of drug-likeness (QED) is 0.475. The molecule has 0 fully saturated rings. The summed E-state index contributed by atoms with van der Waals surface area (Å²) in [6.45, 7) is 0.510. The van der Waals surface area contributed by atoms with Crippen molar-refractivity contribution in [1.29, 1.82) is 0 Å². The SMILES string of the molecule is NCc1cc(-c2cc(COc3ccc(F)cc3CC(=O)O)cc3ccoc23)ccn1. The third-order valence-corrected chi connectivity index (χ3v) is 4.71. The normalized spacial score (nSPS) is 11.0. The Bertz CT molecular complexity index is 1220. The zero-order valence-corrected chi connectivity index (χ0v) is 16.0. The molecule has 2 aromatic heterocycles. The lowest BCUT2D eigenvalue weighted by Gasteiger charge is -2.12. The second-order valence-electron chi connectivity index (χ2n) is 6.83. The number of aromatic nitrogens is 1. The van der Waals surface area contributed by atoms with E-state index in [9.17, 15) is 9.18 Å². The fourth-order valence-corrected chi connectivity index (χ4v) is 3.35. The first kappa shape index (κ1) is 19.6. The Morgan fingerprint density at radius 1 is 1.17 bits per heavy atom. The molecule has 4 aromatic rings. The summed E-state index contributed by atoms with van der Waals surface area (Å²) in [6, 6.07) is 13.4. The van der Waals surface area contributed by atoms with Crippen molar-refractivity contribution >= 4 is 16.9 Å². The molecule has 3 N–H and O–H groups in total. The molecule has 4 rings (SSSR count). The molecule has 152 valence electrons. The number of ether oxygens (including phenoxy) is 1. The maximum absolute atomic E-state index is 13.5. The van der Waals surface area contributed by atoms with Crippen molar-refractivity contribution in [2.24, 2.45) is 5.73 Å².